The number of benzene rings is 2. The Balaban J connectivity index is 1.47. The number of piperidine rings is 1. The predicted octanol–water partition coefficient (Wildman–Crippen LogP) is 4.59. The van der Waals surface area contributed by atoms with Crippen LogP contribution in [0.2, 0.25) is 0 Å². The lowest BCUT2D eigenvalue weighted by Crippen LogP contribution is -2.36. The number of amides is 1. The number of pyridine rings is 2. The molecule has 0 bridgehead atoms. The van der Waals surface area contributed by atoms with E-state index in [1.54, 1.807) is 36.5 Å². The van der Waals surface area contributed by atoms with E-state index in [2.05, 4.69) is 10.3 Å². The first kappa shape index (κ1) is 24.5. The zero-order valence-corrected chi connectivity index (χ0v) is 21.0. The highest BCUT2D eigenvalue weighted by Crippen LogP contribution is 2.31. The monoisotopic (exact) mass is 518 g/mol. The molecule has 190 valence electrons. The zero-order valence-electron chi connectivity index (χ0n) is 20.1. The first-order valence-electron chi connectivity index (χ1n) is 11.9. The van der Waals surface area contributed by atoms with Gasteiger partial charge in [-0.1, -0.05) is 24.3 Å². The van der Waals surface area contributed by atoms with Gasteiger partial charge in [-0.25, -0.2) is 18.2 Å². The molecule has 3 N–H and O–H groups in total. The topological polar surface area (TPSA) is 132 Å². The number of hydrogen-bond acceptors (Lipinski definition) is 6. The largest absolute Gasteiger partial charge is 0.465 e. The van der Waals surface area contributed by atoms with Gasteiger partial charge in [0.15, 0.2) is 9.84 Å². The maximum atomic E-state index is 12.7. The highest BCUT2D eigenvalue weighted by Gasteiger charge is 2.23. The first-order chi connectivity index (χ1) is 17.7. The Bertz CT molecular complexity index is 1640. The third kappa shape index (κ3) is 5.19. The van der Waals surface area contributed by atoms with Crippen LogP contribution in [0.15, 0.2) is 76.6 Å². The van der Waals surface area contributed by atoms with Crippen LogP contribution in [0.1, 0.15) is 24.3 Å². The first-order valence-corrected chi connectivity index (χ1v) is 13.8. The highest BCUT2D eigenvalue weighted by atomic mass is 32.2. The molecule has 1 amide bonds. The Hall–Kier alpha value is -4.18. The predicted molar refractivity (Wildman–Crippen MR) is 142 cm³/mol. The standard InChI is InChI=1S/C27H26N4O5S/c1-37(35,36)22-4-2-3-19(15-22)23-16-20-9-12-28-26(32)24(20)25(30-23)29-21-7-5-17(6-8-21)18-10-13-31(14-11-18)27(33)34/h2-9,12,15-16,18H,10-11,13-14H2,1H3,(H,28,32)(H,29,30)(H,33,34). The summed E-state index contributed by atoms with van der Waals surface area (Å²) in [6.45, 7) is 1.04. The number of anilines is 2. The number of aromatic amines is 1. The molecule has 3 heterocycles. The van der Waals surface area contributed by atoms with Gasteiger partial charge in [0.05, 0.1) is 16.0 Å². The Morgan fingerprint density at radius 1 is 1.08 bits per heavy atom. The summed E-state index contributed by atoms with van der Waals surface area (Å²) < 4.78 is 24.1. The van der Waals surface area contributed by atoms with Crippen molar-refractivity contribution in [3.8, 4) is 11.3 Å². The minimum Gasteiger partial charge on any atom is -0.465 e. The van der Waals surface area contributed by atoms with Crippen molar-refractivity contribution in [1.82, 2.24) is 14.9 Å². The SMILES string of the molecule is CS(=O)(=O)c1cccc(-c2cc3cc[nH]c(=O)c3c(Nc3ccc(C4CCN(C(=O)O)CC4)cc3)n2)c1. The maximum Gasteiger partial charge on any atom is 0.407 e. The third-order valence-corrected chi connectivity index (χ3v) is 7.83. The number of nitrogens with one attached hydrogen (secondary N) is 2. The number of nitrogens with zero attached hydrogens (tertiary/aromatic N) is 2. The van der Waals surface area contributed by atoms with Crippen LogP contribution in [0.5, 0.6) is 0 Å². The molecule has 10 heteroatoms. The summed E-state index contributed by atoms with van der Waals surface area (Å²) >= 11 is 0. The van der Waals surface area contributed by atoms with Crippen LogP contribution in [0.3, 0.4) is 0 Å². The van der Waals surface area contributed by atoms with E-state index in [9.17, 15) is 18.0 Å². The molecule has 0 atom stereocenters. The van der Waals surface area contributed by atoms with Gasteiger partial charge in [-0.05, 0) is 66.1 Å². The molecule has 4 aromatic rings. The number of carboxylic acid groups (broad SMARTS) is 1. The summed E-state index contributed by atoms with van der Waals surface area (Å²) in [4.78, 5) is 32.9. The van der Waals surface area contributed by atoms with Crippen molar-refractivity contribution in [2.24, 2.45) is 0 Å². The molecule has 0 saturated carbocycles. The normalized spacial score (nSPS) is 14.6. The summed E-state index contributed by atoms with van der Waals surface area (Å²) in [6.07, 6.45) is 3.39. The van der Waals surface area contributed by atoms with Crippen LogP contribution >= 0.6 is 0 Å². The molecular weight excluding hydrogens is 492 g/mol. The second-order valence-corrected chi connectivity index (χ2v) is 11.2. The Labute approximate surface area is 213 Å². The summed E-state index contributed by atoms with van der Waals surface area (Å²) in [5.41, 5.74) is 2.75. The van der Waals surface area contributed by atoms with Gasteiger partial charge >= 0.3 is 6.09 Å². The Morgan fingerprint density at radius 2 is 1.81 bits per heavy atom. The molecule has 1 aliphatic heterocycles. The van der Waals surface area contributed by atoms with Crippen molar-refractivity contribution in [3.63, 3.8) is 0 Å². The van der Waals surface area contributed by atoms with E-state index in [1.807, 2.05) is 24.3 Å². The lowest BCUT2D eigenvalue weighted by Gasteiger charge is -2.30. The van der Waals surface area contributed by atoms with E-state index in [0.29, 0.717) is 40.9 Å². The number of carbonyl (C=O) groups is 1. The van der Waals surface area contributed by atoms with Crippen LogP contribution in [-0.2, 0) is 9.84 Å². The van der Waals surface area contributed by atoms with Crippen LogP contribution in [0.4, 0.5) is 16.3 Å². The molecule has 0 unspecified atom stereocenters. The number of fused-ring (bicyclic) bond motifs is 1. The fraction of sp³-hybridized carbons (Fsp3) is 0.222. The molecule has 37 heavy (non-hydrogen) atoms. The molecule has 2 aromatic carbocycles. The molecule has 0 spiro atoms. The minimum atomic E-state index is -3.39. The van der Waals surface area contributed by atoms with Gasteiger partial charge in [0.1, 0.15) is 5.82 Å². The van der Waals surface area contributed by atoms with Crippen LogP contribution in [0.25, 0.3) is 22.0 Å². The van der Waals surface area contributed by atoms with Gasteiger partial charge in [0.2, 0.25) is 0 Å². The van der Waals surface area contributed by atoms with Crippen LogP contribution in [-0.4, -0.2) is 53.8 Å². The average molecular weight is 519 g/mol. The second kappa shape index (κ2) is 9.70. The summed E-state index contributed by atoms with van der Waals surface area (Å²) in [5, 5.41) is 13.5. The Kier molecular flexibility index (Phi) is 6.43. The number of sulfone groups is 1. The van der Waals surface area contributed by atoms with Gasteiger partial charge < -0.3 is 20.3 Å². The number of likely N-dealkylation sites (tertiary alicyclic amines) is 1. The van der Waals surface area contributed by atoms with Crippen molar-refractivity contribution < 1.29 is 18.3 Å². The van der Waals surface area contributed by atoms with Gasteiger partial charge in [-0.2, -0.15) is 0 Å². The summed E-state index contributed by atoms with van der Waals surface area (Å²) in [7, 11) is -3.39. The van der Waals surface area contributed by atoms with E-state index in [0.717, 1.165) is 30.3 Å². The summed E-state index contributed by atoms with van der Waals surface area (Å²) in [6, 6.07) is 18.0. The van der Waals surface area contributed by atoms with Crippen molar-refractivity contribution in [3.05, 3.63) is 82.8 Å². The molecule has 0 radical (unpaired) electrons. The zero-order chi connectivity index (χ0) is 26.2. The van der Waals surface area contributed by atoms with Gasteiger partial charge in [0.25, 0.3) is 5.56 Å². The highest BCUT2D eigenvalue weighted by molar-refractivity contribution is 7.90. The molecule has 2 aromatic heterocycles. The van der Waals surface area contributed by atoms with Gasteiger partial charge in [-0.15, -0.1) is 0 Å². The molecule has 9 nitrogen and oxygen atoms in total. The maximum absolute atomic E-state index is 12.7. The fourth-order valence-electron chi connectivity index (χ4n) is 4.72. The quantitative estimate of drug-likeness (QED) is 0.352. The molecular formula is C27H26N4O5S. The lowest BCUT2D eigenvalue weighted by atomic mass is 9.89. The average Bonchev–Trinajstić information content (AvgIpc) is 2.89. The number of hydrogen-bond donors (Lipinski definition) is 3. The Morgan fingerprint density at radius 3 is 2.49 bits per heavy atom. The van der Waals surface area contributed by atoms with E-state index < -0.39 is 15.9 Å². The molecule has 0 aliphatic carbocycles. The van der Waals surface area contributed by atoms with E-state index in [-0.39, 0.29) is 16.4 Å². The lowest BCUT2D eigenvalue weighted by molar-refractivity contribution is 0.132. The number of H-pyrrole nitrogens is 1. The van der Waals surface area contributed by atoms with Crippen molar-refractivity contribution in [1.29, 1.82) is 0 Å². The summed E-state index contributed by atoms with van der Waals surface area (Å²) in [5.74, 6) is 0.651. The fourth-order valence-corrected chi connectivity index (χ4v) is 5.38. The number of aromatic nitrogens is 2. The molecule has 1 aliphatic rings. The van der Waals surface area contributed by atoms with Crippen LogP contribution < -0.4 is 10.9 Å². The minimum absolute atomic E-state index is 0.192. The van der Waals surface area contributed by atoms with Crippen molar-refractivity contribution in [2.45, 2.75) is 23.7 Å². The molecule has 1 saturated heterocycles. The van der Waals surface area contributed by atoms with E-state index in [1.165, 1.54) is 11.0 Å². The van der Waals surface area contributed by atoms with E-state index in [4.69, 9.17) is 10.1 Å². The van der Waals surface area contributed by atoms with E-state index >= 15 is 0 Å². The van der Waals surface area contributed by atoms with Gasteiger partial charge in [-0.3, -0.25) is 4.79 Å². The van der Waals surface area contributed by atoms with Crippen molar-refractivity contribution in [2.75, 3.05) is 24.7 Å². The smallest absolute Gasteiger partial charge is 0.407 e. The van der Waals surface area contributed by atoms with Crippen molar-refractivity contribution >= 4 is 38.2 Å². The van der Waals surface area contributed by atoms with Crippen LogP contribution in [0, 0.1) is 0 Å². The molecule has 5 rings (SSSR count). The number of rotatable bonds is 5. The molecule has 1 fully saturated rings. The van der Waals surface area contributed by atoms with Gasteiger partial charge in [0, 0.05) is 36.8 Å². The third-order valence-electron chi connectivity index (χ3n) is 6.72. The second-order valence-electron chi connectivity index (χ2n) is 9.22.